The lowest BCUT2D eigenvalue weighted by atomic mass is 9.93. The van der Waals surface area contributed by atoms with Gasteiger partial charge in [0, 0.05) is 5.69 Å². The number of hydrogen-bond acceptors (Lipinski definition) is 3. The van der Waals surface area contributed by atoms with Crippen molar-refractivity contribution in [2.24, 2.45) is 0 Å². The second kappa shape index (κ2) is 7.35. The van der Waals surface area contributed by atoms with Gasteiger partial charge in [0.2, 0.25) is 5.60 Å². The largest absolute Gasteiger partial charge is 0.423 e. The highest BCUT2D eigenvalue weighted by Gasteiger charge is 2.55. The van der Waals surface area contributed by atoms with Gasteiger partial charge in [-0.15, -0.1) is 0 Å². The average Bonchev–Trinajstić information content (AvgIpc) is 2.60. The summed E-state index contributed by atoms with van der Waals surface area (Å²) in [5, 5.41) is 14.1. The number of rotatable bonds is 4. The quantitative estimate of drug-likeness (QED) is 0.738. The standard InChI is InChI=1S/C17H15F3N2O3/c18-17(19,20)16(25,12-7-3-1-4-8-12)11-21-14(23)15(24)22-13-9-5-2-6-10-13/h1-10,25H,11H2,(H,21,23)(H,22,24)/t16-/m1/s1. The Morgan fingerprint density at radius 3 is 1.92 bits per heavy atom. The van der Waals surface area contributed by atoms with E-state index in [-0.39, 0.29) is 0 Å². The molecule has 5 nitrogen and oxygen atoms in total. The van der Waals surface area contributed by atoms with Crippen LogP contribution in [-0.2, 0) is 15.2 Å². The summed E-state index contributed by atoms with van der Waals surface area (Å²) in [5.41, 5.74) is -3.43. The molecule has 1 atom stereocenters. The maximum absolute atomic E-state index is 13.3. The van der Waals surface area contributed by atoms with Crippen molar-refractivity contribution < 1.29 is 27.9 Å². The van der Waals surface area contributed by atoms with Crippen LogP contribution in [0.15, 0.2) is 60.7 Å². The first kappa shape index (κ1) is 18.5. The number of amides is 2. The highest BCUT2D eigenvalue weighted by atomic mass is 19.4. The molecular formula is C17H15F3N2O3. The zero-order chi connectivity index (χ0) is 18.5. The molecule has 2 aromatic carbocycles. The first-order valence-corrected chi connectivity index (χ1v) is 7.23. The molecule has 0 heterocycles. The Hall–Kier alpha value is -2.87. The number of alkyl halides is 3. The minimum atomic E-state index is -5.04. The van der Waals surface area contributed by atoms with Crippen LogP contribution in [0.5, 0.6) is 0 Å². The van der Waals surface area contributed by atoms with Gasteiger partial charge >= 0.3 is 18.0 Å². The van der Waals surface area contributed by atoms with Crippen LogP contribution in [-0.4, -0.2) is 29.6 Å². The minimum Gasteiger partial charge on any atom is -0.375 e. The molecule has 0 aromatic heterocycles. The first-order chi connectivity index (χ1) is 11.7. The average molecular weight is 352 g/mol. The number of carbonyl (C=O) groups excluding carboxylic acids is 2. The fourth-order valence-corrected chi connectivity index (χ4v) is 2.08. The zero-order valence-corrected chi connectivity index (χ0v) is 12.9. The smallest absolute Gasteiger partial charge is 0.375 e. The Labute approximate surface area is 141 Å². The Kier molecular flexibility index (Phi) is 5.43. The highest BCUT2D eigenvalue weighted by Crippen LogP contribution is 2.38. The summed E-state index contributed by atoms with van der Waals surface area (Å²) in [5.74, 6) is -2.42. The van der Waals surface area contributed by atoms with Gasteiger partial charge in [-0.25, -0.2) is 0 Å². The lowest BCUT2D eigenvalue weighted by Gasteiger charge is -2.31. The molecule has 0 aliphatic rings. The molecule has 0 aliphatic carbocycles. The normalized spacial score (nSPS) is 13.6. The number of halogens is 3. The molecule has 2 rings (SSSR count). The molecule has 25 heavy (non-hydrogen) atoms. The second-order valence-electron chi connectivity index (χ2n) is 5.23. The summed E-state index contributed by atoms with van der Waals surface area (Å²) in [6.45, 7) is -1.19. The molecule has 132 valence electrons. The molecule has 0 saturated heterocycles. The Bertz CT molecular complexity index is 736. The predicted molar refractivity (Wildman–Crippen MR) is 84.5 cm³/mol. The number of anilines is 1. The first-order valence-electron chi connectivity index (χ1n) is 7.23. The lowest BCUT2D eigenvalue weighted by molar-refractivity contribution is -0.264. The number of nitrogens with one attached hydrogen (secondary N) is 2. The van der Waals surface area contributed by atoms with Crippen molar-refractivity contribution in [3.8, 4) is 0 Å². The van der Waals surface area contributed by atoms with Gasteiger partial charge in [-0.1, -0.05) is 48.5 Å². The van der Waals surface area contributed by atoms with E-state index in [0.717, 1.165) is 12.1 Å². The molecule has 2 aromatic rings. The van der Waals surface area contributed by atoms with Gasteiger partial charge in [0.15, 0.2) is 0 Å². The molecular weight excluding hydrogens is 337 g/mol. The third-order valence-corrected chi connectivity index (χ3v) is 3.46. The molecule has 2 amide bonds. The summed E-state index contributed by atoms with van der Waals surface area (Å²) in [6.07, 6.45) is -5.04. The van der Waals surface area contributed by atoms with Crippen LogP contribution in [0.1, 0.15) is 5.56 Å². The van der Waals surface area contributed by atoms with Gasteiger partial charge in [0.1, 0.15) is 0 Å². The fourth-order valence-electron chi connectivity index (χ4n) is 2.08. The van der Waals surface area contributed by atoms with Crippen molar-refractivity contribution in [1.82, 2.24) is 5.32 Å². The Balaban J connectivity index is 2.08. The van der Waals surface area contributed by atoms with Crippen molar-refractivity contribution in [2.45, 2.75) is 11.8 Å². The molecule has 0 spiro atoms. The molecule has 3 N–H and O–H groups in total. The molecule has 0 bridgehead atoms. The van der Waals surface area contributed by atoms with Crippen molar-refractivity contribution in [2.75, 3.05) is 11.9 Å². The van der Waals surface area contributed by atoms with Gasteiger partial charge < -0.3 is 15.7 Å². The number of benzene rings is 2. The summed E-state index contributed by atoms with van der Waals surface area (Å²) in [4.78, 5) is 23.5. The number of para-hydroxylation sites is 1. The Morgan fingerprint density at radius 1 is 0.880 bits per heavy atom. The van der Waals surface area contributed by atoms with E-state index in [1.165, 1.54) is 30.3 Å². The number of hydrogen-bond donors (Lipinski definition) is 3. The van der Waals surface area contributed by atoms with Gasteiger partial charge in [-0.2, -0.15) is 13.2 Å². The van der Waals surface area contributed by atoms with E-state index in [1.807, 2.05) is 5.32 Å². The summed E-state index contributed by atoms with van der Waals surface area (Å²) < 4.78 is 39.9. The molecule has 0 aliphatic heterocycles. The summed E-state index contributed by atoms with van der Waals surface area (Å²) >= 11 is 0. The van der Waals surface area contributed by atoms with Crippen molar-refractivity contribution >= 4 is 17.5 Å². The summed E-state index contributed by atoms with van der Waals surface area (Å²) in [6, 6.07) is 14.3. The molecule has 0 saturated carbocycles. The van der Waals surface area contributed by atoms with E-state index in [9.17, 15) is 27.9 Å². The molecule has 0 unspecified atom stereocenters. The summed E-state index contributed by atoms with van der Waals surface area (Å²) in [7, 11) is 0. The SMILES string of the molecule is O=C(NC[C@@](O)(c1ccccc1)C(F)(F)F)C(=O)Nc1ccccc1. The maximum atomic E-state index is 13.3. The fraction of sp³-hybridized carbons (Fsp3) is 0.176. The van der Waals surface area contributed by atoms with Crippen LogP contribution in [0, 0.1) is 0 Å². The predicted octanol–water partition coefficient (Wildman–Crippen LogP) is 2.19. The minimum absolute atomic E-state index is 0.316. The van der Waals surface area contributed by atoms with Crippen LogP contribution < -0.4 is 10.6 Å². The van der Waals surface area contributed by atoms with Gasteiger partial charge in [-0.3, -0.25) is 9.59 Å². The van der Waals surface area contributed by atoms with Crippen LogP contribution in [0.3, 0.4) is 0 Å². The van der Waals surface area contributed by atoms with Gasteiger partial charge in [0.25, 0.3) is 0 Å². The molecule has 8 heteroatoms. The van der Waals surface area contributed by atoms with E-state index < -0.39 is 35.7 Å². The number of aliphatic hydroxyl groups is 1. The zero-order valence-electron chi connectivity index (χ0n) is 12.9. The van der Waals surface area contributed by atoms with E-state index in [2.05, 4.69) is 5.32 Å². The van der Waals surface area contributed by atoms with E-state index in [4.69, 9.17) is 0 Å². The molecule has 0 fully saturated rings. The molecule has 0 radical (unpaired) electrons. The van der Waals surface area contributed by atoms with Gasteiger partial charge in [-0.05, 0) is 17.7 Å². The van der Waals surface area contributed by atoms with Gasteiger partial charge in [0.05, 0.1) is 6.54 Å². The number of carbonyl (C=O) groups is 2. The third-order valence-electron chi connectivity index (χ3n) is 3.46. The third kappa shape index (κ3) is 4.36. The maximum Gasteiger partial charge on any atom is 0.423 e. The second-order valence-corrected chi connectivity index (χ2v) is 5.23. The van der Waals surface area contributed by atoms with Crippen LogP contribution >= 0.6 is 0 Å². The topological polar surface area (TPSA) is 78.4 Å². The van der Waals surface area contributed by atoms with Crippen LogP contribution in [0.4, 0.5) is 18.9 Å². The van der Waals surface area contributed by atoms with E-state index in [0.29, 0.717) is 5.69 Å². The monoisotopic (exact) mass is 352 g/mol. The van der Waals surface area contributed by atoms with Crippen LogP contribution in [0.25, 0.3) is 0 Å². The highest BCUT2D eigenvalue weighted by molar-refractivity contribution is 6.39. The van der Waals surface area contributed by atoms with Crippen LogP contribution in [0.2, 0.25) is 0 Å². The van der Waals surface area contributed by atoms with E-state index in [1.54, 1.807) is 18.2 Å². The Morgan fingerprint density at radius 2 is 1.40 bits per heavy atom. The van der Waals surface area contributed by atoms with Crippen molar-refractivity contribution in [1.29, 1.82) is 0 Å². The lowest BCUT2D eigenvalue weighted by Crippen LogP contribution is -2.52. The van der Waals surface area contributed by atoms with Crippen molar-refractivity contribution in [3.63, 3.8) is 0 Å². The van der Waals surface area contributed by atoms with E-state index >= 15 is 0 Å². The van der Waals surface area contributed by atoms with Crippen molar-refractivity contribution in [3.05, 3.63) is 66.2 Å².